The van der Waals surface area contributed by atoms with E-state index in [2.05, 4.69) is 10.3 Å². The van der Waals surface area contributed by atoms with Crippen LogP contribution in [0.4, 0.5) is 11.5 Å². The van der Waals surface area contributed by atoms with Gasteiger partial charge in [0.05, 0.1) is 0 Å². The highest BCUT2D eigenvalue weighted by molar-refractivity contribution is 6.09. The van der Waals surface area contributed by atoms with Crippen LogP contribution in [0.2, 0.25) is 0 Å². The quantitative estimate of drug-likeness (QED) is 0.700. The fourth-order valence-electron chi connectivity index (χ4n) is 2.28. The molecular formula is C19H14N2O3. The molecule has 3 aromatic rings. The lowest BCUT2D eigenvalue weighted by molar-refractivity contribution is 0.0697. The third-order valence-corrected chi connectivity index (χ3v) is 3.48. The van der Waals surface area contributed by atoms with E-state index >= 15 is 0 Å². The van der Waals surface area contributed by atoms with Crippen molar-refractivity contribution in [2.45, 2.75) is 0 Å². The van der Waals surface area contributed by atoms with E-state index in [-0.39, 0.29) is 17.2 Å². The summed E-state index contributed by atoms with van der Waals surface area (Å²) in [5, 5.41) is 12.1. The van der Waals surface area contributed by atoms with Gasteiger partial charge in [0.1, 0.15) is 11.4 Å². The van der Waals surface area contributed by atoms with Gasteiger partial charge in [-0.05, 0) is 36.4 Å². The van der Waals surface area contributed by atoms with Gasteiger partial charge in [-0.25, -0.2) is 9.78 Å². The summed E-state index contributed by atoms with van der Waals surface area (Å²) in [6.45, 7) is 0. The maximum atomic E-state index is 12.3. The number of pyridine rings is 1. The van der Waals surface area contributed by atoms with Crippen LogP contribution in [0, 0.1) is 0 Å². The number of carboxylic acid groups (broad SMARTS) is 1. The first kappa shape index (κ1) is 15.4. The zero-order valence-electron chi connectivity index (χ0n) is 12.6. The van der Waals surface area contributed by atoms with Crippen LogP contribution in [0.15, 0.2) is 72.9 Å². The molecule has 1 heterocycles. The highest BCUT2D eigenvalue weighted by Gasteiger charge is 2.11. The number of aromatic carboxylic acids is 1. The molecule has 0 unspecified atom stereocenters. The Morgan fingerprint density at radius 3 is 2.17 bits per heavy atom. The fraction of sp³-hybridized carbons (Fsp3) is 0. The zero-order valence-corrected chi connectivity index (χ0v) is 12.6. The topological polar surface area (TPSA) is 79.3 Å². The van der Waals surface area contributed by atoms with Crippen molar-refractivity contribution in [3.05, 3.63) is 89.6 Å². The molecule has 0 aliphatic rings. The van der Waals surface area contributed by atoms with Crippen LogP contribution in [0.3, 0.4) is 0 Å². The van der Waals surface area contributed by atoms with Crippen LogP contribution in [-0.2, 0) is 0 Å². The summed E-state index contributed by atoms with van der Waals surface area (Å²) >= 11 is 0. The van der Waals surface area contributed by atoms with Crippen molar-refractivity contribution < 1.29 is 14.7 Å². The van der Waals surface area contributed by atoms with Crippen LogP contribution >= 0.6 is 0 Å². The molecule has 0 aliphatic heterocycles. The second kappa shape index (κ2) is 6.75. The Morgan fingerprint density at radius 1 is 0.833 bits per heavy atom. The van der Waals surface area contributed by atoms with E-state index in [1.54, 1.807) is 42.5 Å². The summed E-state index contributed by atoms with van der Waals surface area (Å²) in [5.41, 5.74) is 1.92. The molecule has 0 amide bonds. The predicted octanol–water partition coefficient (Wildman–Crippen LogP) is 3.75. The Labute approximate surface area is 138 Å². The van der Waals surface area contributed by atoms with Gasteiger partial charge < -0.3 is 10.4 Å². The Balaban J connectivity index is 1.81. The highest BCUT2D eigenvalue weighted by Crippen LogP contribution is 2.20. The Hall–Kier alpha value is -3.47. The third kappa shape index (κ3) is 3.30. The number of nitrogens with one attached hydrogen (secondary N) is 1. The lowest BCUT2D eigenvalue weighted by Crippen LogP contribution is -2.05. The Kier molecular flexibility index (Phi) is 4.34. The molecule has 118 valence electrons. The smallest absolute Gasteiger partial charge is 0.339 e. The second-order valence-corrected chi connectivity index (χ2v) is 5.10. The van der Waals surface area contributed by atoms with Gasteiger partial charge in [0.25, 0.3) is 0 Å². The maximum absolute atomic E-state index is 12.3. The second-order valence-electron chi connectivity index (χ2n) is 5.10. The van der Waals surface area contributed by atoms with E-state index in [4.69, 9.17) is 5.11 Å². The van der Waals surface area contributed by atoms with Gasteiger partial charge in [-0.2, -0.15) is 0 Å². The van der Waals surface area contributed by atoms with Gasteiger partial charge in [0.15, 0.2) is 5.78 Å². The van der Waals surface area contributed by atoms with Gasteiger partial charge in [-0.15, -0.1) is 0 Å². The molecule has 3 rings (SSSR count). The van der Waals surface area contributed by atoms with E-state index < -0.39 is 5.97 Å². The number of hydrogen-bond donors (Lipinski definition) is 2. The number of anilines is 2. The van der Waals surface area contributed by atoms with E-state index in [9.17, 15) is 9.59 Å². The molecule has 0 fully saturated rings. The average Bonchev–Trinajstić information content (AvgIpc) is 2.63. The van der Waals surface area contributed by atoms with Crippen LogP contribution < -0.4 is 5.32 Å². The average molecular weight is 318 g/mol. The lowest BCUT2D eigenvalue weighted by Gasteiger charge is -2.09. The maximum Gasteiger partial charge on any atom is 0.339 e. The number of nitrogens with zero attached hydrogens (tertiary/aromatic N) is 1. The number of carbonyl (C=O) groups is 2. The standard InChI is InChI=1S/C19H14N2O3/c22-17(13-5-2-1-3-6-13)14-8-10-15(11-9-14)21-18-16(19(23)24)7-4-12-20-18/h1-12H,(H,20,21)(H,23,24). The first-order chi connectivity index (χ1) is 11.6. The van der Waals surface area contributed by atoms with E-state index in [1.165, 1.54) is 12.3 Å². The minimum absolute atomic E-state index is 0.0637. The monoisotopic (exact) mass is 318 g/mol. The van der Waals surface area contributed by atoms with Crippen molar-refractivity contribution in [2.24, 2.45) is 0 Å². The van der Waals surface area contributed by atoms with E-state index in [0.717, 1.165) is 0 Å². The number of carbonyl (C=O) groups excluding carboxylic acids is 1. The molecule has 24 heavy (non-hydrogen) atoms. The molecule has 0 aliphatic carbocycles. The molecule has 0 bridgehead atoms. The number of benzene rings is 2. The highest BCUT2D eigenvalue weighted by atomic mass is 16.4. The first-order valence-corrected chi connectivity index (χ1v) is 7.30. The predicted molar refractivity (Wildman–Crippen MR) is 90.8 cm³/mol. The van der Waals surface area contributed by atoms with Crippen molar-refractivity contribution >= 4 is 23.3 Å². The third-order valence-electron chi connectivity index (χ3n) is 3.48. The Morgan fingerprint density at radius 2 is 1.50 bits per heavy atom. The minimum atomic E-state index is -1.05. The van der Waals surface area contributed by atoms with Gasteiger partial charge in [0.2, 0.25) is 0 Å². The van der Waals surface area contributed by atoms with Gasteiger partial charge >= 0.3 is 5.97 Å². The van der Waals surface area contributed by atoms with E-state index in [0.29, 0.717) is 16.8 Å². The largest absolute Gasteiger partial charge is 0.478 e. The molecule has 0 saturated carbocycles. The zero-order chi connectivity index (χ0) is 16.9. The lowest BCUT2D eigenvalue weighted by atomic mass is 10.0. The molecular weight excluding hydrogens is 304 g/mol. The van der Waals surface area contributed by atoms with Crippen molar-refractivity contribution in [3.63, 3.8) is 0 Å². The first-order valence-electron chi connectivity index (χ1n) is 7.30. The van der Waals surface area contributed by atoms with Crippen molar-refractivity contribution in [3.8, 4) is 0 Å². The van der Waals surface area contributed by atoms with Gasteiger partial charge in [-0.3, -0.25) is 4.79 Å². The molecule has 5 nitrogen and oxygen atoms in total. The minimum Gasteiger partial charge on any atom is -0.478 e. The summed E-state index contributed by atoms with van der Waals surface area (Å²) in [6, 6.07) is 18.9. The summed E-state index contributed by atoms with van der Waals surface area (Å²) < 4.78 is 0. The number of ketones is 1. The van der Waals surface area contributed by atoms with Crippen LogP contribution in [0.25, 0.3) is 0 Å². The molecule has 0 saturated heterocycles. The normalized spacial score (nSPS) is 10.2. The van der Waals surface area contributed by atoms with Crippen molar-refractivity contribution in [2.75, 3.05) is 5.32 Å². The SMILES string of the molecule is O=C(c1ccccc1)c1ccc(Nc2ncccc2C(=O)O)cc1. The molecule has 2 aromatic carbocycles. The summed E-state index contributed by atoms with van der Waals surface area (Å²) in [4.78, 5) is 27.6. The summed E-state index contributed by atoms with van der Waals surface area (Å²) in [6.07, 6.45) is 1.52. The molecule has 0 atom stereocenters. The van der Waals surface area contributed by atoms with Crippen LogP contribution in [0.1, 0.15) is 26.3 Å². The number of rotatable bonds is 5. The molecule has 2 N–H and O–H groups in total. The van der Waals surface area contributed by atoms with Crippen LogP contribution in [0.5, 0.6) is 0 Å². The van der Waals surface area contributed by atoms with Crippen LogP contribution in [-0.4, -0.2) is 21.8 Å². The summed E-state index contributed by atoms with van der Waals surface area (Å²) in [7, 11) is 0. The molecule has 1 aromatic heterocycles. The van der Waals surface area contributed by atoms with Gasteiger partial charge in [0, 0.05) is 23.0 Å². The van der Waals surface area contributed by atoms with Crippen molar-refractivity contribution in [1.29, 1.82) is 0 Å². The molecule has 0 spiro atoms. The van der Waals surface area contributed by atoms with Gasteiger partial charge in [-0.1, -0.05) is 30.3 Å². The Bertz CT molecular complexity index is 875. The molecule has 0 radical (unpaired) electrons. The summed E-state index contributed by atoms with van der Waals surface area (Å²) in [5.74, 6) is -0.861. The molecule has 5 heteroatoms. The number of hydrogen-bond acceptors (Lipinski definition) is 4. The number of carboxylic acids is 1. The van der Waals surface area contributed by atoms with E-state index in [1.807, 2.05) is 18.2 Å². The fourth-order valence-corrected chi connectivity index (χ4v) is 2.28. The number of aromatic nitrogens is 1. The van der Waals surface area contributed by atoms with Crippen molar-refractivity contribution in [1.82, 2.24) is 4.98 Å².